The minimum atomic E-state index is -4.46. The van der Waals surface area contributed by atoms with Crippen molar-refractivity contribution < 1.29 is 18.0 Å². The molecule has 0 aliphatic rings. The Morgan fingerprint density at radius 1 is 1.21 bits per heavy atom. The number of alkyl halides is 3. The zero-order chi connectivity index (χ0) is 14.3. The number of nitrogens with zero attached hydrogens (tertiary/aromatic N) is 2. The summed E-state index contributed by atoms with van der Waals surface area (Å²) in [6.45, 7) is 2.31. The van der Waals surface area contributed by atoms with E-state index in [1.807, 2.05) is 0 Å². The first-order valence-electron chi connectivity index (χ1n) is 6.59. The van der Waals surface area contributed by atoms with Gasteiger partial charge in [-0.25, -0.2) is 0 Å². The molecule has 1 aromatic heterocycles. The van der Waals surface area contributed by atoms with Gasteiger partial charge in [0.25, 0.3) is 0 Å². The van der Waals surface area contributed by atoms with Crippen LogP contribution in [0.4, 0.5) is 13.2 Å². The van der Waals surface area contributed by atoms with Gasteiger partial charge >= 0.3 is 6.18 Å². The summed E-state index contributed by atoms with van der Waals surface area (Å²) in [6.07, 6.45) is 1.84. The van der Waals surface area contributed by atoms with Crippen molar-refractivity contribution in [2.45, 2.75) is 58.2 Å². The molecule has 0 fully saturated rings. The Bertz CT molecular complexity index is 399. The molecular weight excluding hydrogens is 257 g/mol. The molecular formula is C13H19F3N2O. The number of hydrogen-bond acceptors (Lipinski definition) is 2. The third kappa shape index (κ3) is 5.04. The molecule has 0 saturated carbocycles. The monoisotopic (exact) mass is 276 g/mol. The highest BCUT2D eigenvalue weighted by molar-refractivity contribution is 5.71. The number of rotatable bonds is 8. The molecule has 3 nitrogen and oxygen atoms in total. The zero-order valence-electron chi connectivity index (χ0n) is 11.0. The molecule has 0 aliphatic carbocycles. The van der Waals surface area contributed by atoms with Crippen molar-refractivity contribution in [1.82, 2.24) is 9.78 Å². The van der Waals surface area contributed by atoms with E-state index in [0.29, 0.717) is 12.7 Å². The molecule has 108 valence electrons. The minimum absolute atomic E-state index is 0.168. The van der Waals surface area contributed by atoms with Gasteiger partial charge < -0.3 is 0 Å². The van der Waals surface area contributed by atoms with Crippen LogP contribution >= 0.6 is 0 Å². The molecule has 0 unspecified atom stereocenters. The highest BCUT2D eigenvalue weighted by atomic mass is 19.4. The maximum absolute atomic E-state index is 12.7. The van der Waals surface area contributed by atoms with Crippen molar-refractivity contribution in [1.29, 1.82) is 0 Å². The van der Waals surface area contributed by atoms with E-state index < -0.39 is 11.9 Å². The lowest BCUT2D eigenvalue weighted by Crippen LogP contribution is -2.14. The van der Waals surface area contributed by atoms with Crippen LogP contribution in [-0.2, 0) is 12.7 Å². The van der Waals surface area contributed by atoms with Gasteiger partial charge in [0.2, 0.25) is 0 Å². The number of aldehydes is 1. The fourth-order valence-corrected chi connectivity index (χ4v) is 1.93. The van der Waals surface area contributed by atoms with Crippen LogP contribution in [-0.4, -0.2) is 16.1 Å². The Kier molecular flexibility index (Phi) is 6.05. The first-order chi connectivity index (χ1) is 8.99. The van der Waals surface area contributed by atoms with E-state index in [1.165, 1.54) is 0 Å². The number of hydrogen-bond donors (Lipinski definition) is 0. The Balaban J connectivity index is 2.52. The first kappa shape index (κ1) is 15.7. The summed E-state index contributed by atoms with van der Waals surface area (Å²) in [4.78, 5) is 10.5. The van der Waals surface area contributed by atoms with E-state index in [-0.39, 0.29) is 12.2 Å². The van der Waals surface area contributed by atoms with Crippen molar-refractivity contribution in [3.8, 4) is 0 Å². The lowest BCUT2D eigenvalue weighted by atomic mass is 10.1. The Morgan fingerprint density at radius 2 is 1.84 bits per heavy atom. The SMILES string of the molecule is CCCCCCCCn1nc(C=O)cc1C(F)(F)F. The molecule has 0 amide bonds. The first-order valence-corrected chi connectivity index (χ1v) is 6.59. The third-order valence-corrected chi connectivity index (χ3v) is 2.93. The second-order valence-corrected chi connectivity index (χ2v) is 4.56. The van der Waals surface area contributed by atoms with E-state index in [4.69, 9.17) is 0 Å². The van der Waals surface area contributed by atoms with Gasteiger partial charge in [0, 0.05) is 6.54 Å². The molecule has 0 atom stereocenters. The highest BCUT2D eigenvalue weighted by Gasteiger charge is 2.35. The van der Waals surface area contributed by atoms with Gasteiger partial charge in [0.15, 0.2) is 6.29 Å². The van der Waals surface area contributed by atoms with Crippen molar-refractivity contribution >= 4 is 6.29 Å². The number of aryl methyl sites for hydroxylation is 1. The summed E-state index contributed by atoms with van der Waals surface area (Å²) in [5, 5.41) is 3.66. The molecule has 0 saturated heterocycles. The molecule has 0 spiro atoms. The Labute approximate surface area is 110 Å². The van der Waals surface area contributed by atoms with Gasteiger partial charge in [0.1, 0.15) is 11.4 Å². The van der Waals surface area contributed by atoms with Crippen molar-refractivity contribution in [3.63, 3.8) is 0 Å². The predicted octanol–water partition coefficient (Wildman–Crippen LogP) is 4.07. The molecule has 1 aromatic rings. The Hall–Kier alpha value is -1.33. The predicted molar refractivity (Wildman–Crippen MR) is 66.0 cm³/mol. The van der Waals surface area contributed by atoms with Crippen LogP contribution in [0.25, 0.3) is 0 Å². The summed E-state index contributed by atoms with van der Waals surface area (Å²) >= 11 is 0. The van der Waals surface area contributed by atoms with Gasteiger partial charge in [-0.1, -0.05) is 39.0 Å². The number of halogens is 3. The lowest BCUT2D eigenvalue weighted by molar-refractivity contribution is -0.144. The van der Waals surface area contributed by atoms with Crippen LogP contribution in [0.3, 0.4) is 0 Å². The van der Waals surface area contributed by atoms with Crippen molar-refractivity contribution in [2.75, 3.05) is 0 Å². The molecule has 1 rings (SSSR count). The fraction of sp³-hybridized carbons (Fsp3) is 0.692. The molecule has 0 aliphatic heterocycles. The maximum atomic E-state index is 12.7. The smallest absolute Gasteiger partial charge is 0.296 e. The van der Waals surface area contributed by atoms with Crippen LogP contribution in [0.5, 0.6) is 0 Å². The van der Waals surface area contributed by atoms with E-state index in [9.17, 15) is 18.0 Å². The minimum Gasteiger partial charge on any atom is -0.296 e. The van der Waals surface area contributed by atoms with E-state index >= 15 is 0 Å². The normalized spacial score (nSPS) is 11.8. The zero-order valence-corrected chi connectivity index (χ0v) is 11.0. The van der Waals surface area contributed by atoms with Gasteiger partial charge in [0.05, 0.1) is 0 Å². The quantitative estimate of drug-likeness (QED) is 0.530. The van der Waals surface area contributed by atoms with Crippen LogP contribution in [0.15, 0.2) is 6.07 Å². The van der Waals surface area contributed by atoms with Crippen LogP contribution in [0, 0.1) is 0 Å². The molecule has 19 heavy (non-hydrogen) atoms. The van der Waals surface area contributed by atoms with Crippen LogP contribution < -0.4 is 0 Å². The van der Waals surface area contributed by atoms with Gasteiger partial charge in [-0.15, -0.1) is 0 Å². The standard InChI is InChI=1S/C13H19F3N2O/c1-2-3-4-5-6-7-8-18-12(13(14,15)16)9-11(10-19)17-18/h9-10H,2-8H2,1H3. The summed E-state index contributed by atoms with van der Waals surface area (Å²) in [6, 6.07) is 0.796. The molecule has 1 heterocycles. The van der Waals surface area contributed by atoms with Crippen LogP contribution in [0.2, 0.25) is 0 Å². The van der Waals surface area contributed by atoms with E-state index in [1.54, 1.807) is 0 Å². The van der Waals surface area contributed by atoms with Gasteiger partial charge in [-0.05, 0) is 12.5 Å². The lowest BCUT2D eigenvalue weighted by Gasteiger charge is -2.09. The van der Waals surface area contributed by atoms with E-state index in [0.717, 1.165) is 42.9 Å². The summed E-state index contributed by atoms with van der Waals surface area (Å²) < 4.78 is 39.0. The number of aromatic nitrogens is 2. The molecule has 0 radical (unpaired) electrons. The summed E-state index contributed by atoms with van der Waals surface area (Å²) in [5.41, 5.74) is -1.01. The third-order valence-electron chi connectivity index (χ3n) is 2.93. The molecule has 0 aromatic carbocycles. The Morgan fingerprint density at radius 3 is 2.42 bits per heavy atom. The molecule has 6 heteroatoms. The number of carbonyl (C=O) groups is 1. The van der Waals surface area contributed by atoms with Gasteiger partial charge in [-0.3, -0.25) is 9.48 Å². The highest BCUT2D eigenvalue weighted by Crippen LogP contribution is 2.29. The van der Waals surface area contributed by atoms with Crippen LogP contribution in [0.1, 0.15) is 61.6 Å². The van der Waals surface area contributed by atoms with E-state index in [2.05, 4.69) is 12.0 Å². The summed E-state index contributed by atoms with van der Waals surface area (Å²) in [7, 11) is 0. The topological polar surface area (TPSA) is 34.9 Å². The summed E-state index contributed by atoms with van der Waals surface area (Å²) in [5.74, 6) is 0. The second kappa shape index (κ2) is 7.31. The van der Waals surface area contributed by atoms with Gasteiger partial charge in [-0.2, -0.15) is 18.3 Å². The average Bonchev–Trinajstić information content (AvgIpc) is 2.77. The molecule has 0 bridgehead atoms. The van der Waals surface area contributed by atoms with Crippen molar-refractivity contribution in [3.05, 3.63) is 17.5 Å². The average molecular weight is 276 g/mol. The maximum Gasteiger partial charge on any atom is 0.433 e. The largest absolute Gasteiger partial charge is 0.433 e. The number of unbranched alkanes of at least 4 members (excludes halogenated alkanes) is 5. The number of carbonyl (C=O) groups excluding carboxylic acids is 1. The fourth-order valence-electron chi connectivity index (χ4n) is 1.93. The molecule has 0 N–H and O–H groups in total. The second-order valence-electron chi connectivity index (χ2n) is 4.56. The van der Waals surface area contributed by atoms with Crippen molar-refractivity contribution in [2.24, 2.45) is 0 Å².